The van der Waals surface area contributed by atoms with Crippen molar-refractivity contribution in [3.8, 4) is 16.9 Å². The monoisotopic (exact) mass is 489 g/mol. The molecule has 2 heterocycles. The third kappa shape index (κ3) is 5.60. The Morgan fingerprint density at radius 3 is 2.69 bits per heavy atom. The van der Waals surface area contributed by atoms with Gasteiger partial charge in [-0.15, -0.1) is 11.3 Å². The largest absolute Gasteiger partial charge is 0.493 e. The number of furan rings is 1. The molecule has 2 aromatic heterocycles. The van der Waals surface area contributed by atoms with Crippen molar-refractivity contribution in [1.29, 1.82) is 0 Å². The number of benzene rings is 2. The first-order valence-electron chi connectivity index (χ1n) is 11.3. The first-order chi connectivity index (χ1) is 16.9. The van der Waals surface area contributed by atoms with Crippen LogP contribution in [0.4, 0.5) is 5.13 Å². The summed E-state index contributed by atoms with van der Waals surface area (Å²) in [6, 6.07) is 12.1. The predicted octanol–water partition coefficient (Wildman–Crippen LogP) is 5.59. The first kappa shape index (κ1) is 24.2. The molecule has 0 spiro atoms. The Bertz CT molecular complexity index is 1400. The van der Waals surface area contributed by atoms with Crippen molar-refractivity contribution in [3.05, 3.63) is 70.9 Å². The first-order valence-corrected chi connectivity index (χ1v) is 12.2. The van der Waals surface area contributed by atoms with Crippen molar-refractivity contribution in [2.24, 2.45) is 0 Å². The Balaban J connectivity index is 1.63. The summed E-state index contributed by atoms with van der Waals surface area (Å²) in [5.74, 6) is 0.206. The van der Waals surface area contributed by atoms with Gasteiger partial charge < -0.3 is 14.5 Å². The summed E-state index contributed by atoms with van der Waals surface area (Å²) in [4.78, 5) is 28.6. The molecule has 0 aliphatic heterocycles. The topological polar surface area (TPSA) is 93.5 Å². The number of anilines is 1. The van der Waals surface area contributed by atoms with Crippen molar-refractivity contribution in [1.82, 2.24) is 10.3 Å². The lowest BCUT2D eigenvalue weighted by Gasteiger charge is -2.11. The molecular weight excluding hydrogens is 462 g/mol. The number of aromatic nitrogens is 1. The van der Waals surface area contributed by atoms with Crippen LogP contribution < -0.4 is 15.4 Å². The molecule has 0 fully saturated rings. The molecule has 2 N–H and O–H groups in total. The maximum atomic E-state index is 12.7. The van der Waals surface area contributed by atoms with E-state index in [0.29, 0.717) is 23.2 Å². The van der Waals surface area contributed by atoms with Gasteiger partial charge in [-0.05, 0) is 38.0 Å². The molecule has 35 heavy (non-hydrogen) atoms. The van der Waals surface area contributed by atoms with Crippen LogP contribution in [0.5, 0.6) is 5.75 Å². The second-order valence-corrected chi connectivity index (χ2v) is 8.96. The third-order valence-electron chi connectivity index (χ3n) is 5.51. The highest BCUT2D eigenvalue weighted by atomic mass is 32.1. The molecule has 180 valence electrons. The van der Waals surface area contributed by atoms with Gasteiger partial charge in [0.05, 0.1) is 25.0 Å². The number of nitrogens with zero attached hydrogens (tertiary/aromatic N) is 1. The van der Waals surface area contributed by atoms with Gasteiger partial charge in [0, 0.05) is 41.1 Å². The molecule has 8 heteroatoms. The molecular formula is C27H27N3O4S. The van der Waals surface area contributed by atoms with Gasteiger partial charge in [-0.25, -0.2) is 4.98 Å². The van der Waals surface area contributed by atoms with Crippen LogP contribution >= 0.6 is 11.3 Å². The molecule has 0 bridgehead atoms. The minimum absolute atomic E-state index is 0.132. The molecule has 0 saturated carbocycles. The molecule has 7 nitrogen and oxygen atoms in total. The molecule has 0 atom stereocenters. The molecule has 0 aliphatic rings. The second-order valence-electron chi connectivity index (χ2n) is 8.10. The Morgan fingerprint density at radius 1 is 1.20 bits per heavy atom. The number of allylic oxidation sites excluding steroid dienone is 1. The van der Waals surface area contributed by atoms with E-state index in [2.05, 4.69) is 46.8 Å². The molecule has 0 unspecified atom stereocenters. The van der Waals surface area contributed by atoms with E-state index in [1.165, 1.54) is 23.0 Å². The number of carbonyl (C=O) groups is 2. The minimum atomic E-state index is -0.308. The van der Waals surface area contributed by atoms with Crippen LogP contribution in [0.25, 0.3) is 27.7 Å². The van der Waals surface area contributed by atoms with E-state index in [1.54, 1.807) is 18.7 Å². The number of carbonyl (C=O) groups excluding carboxylic acids is 2. The molecule has 2 amide bonds. The molecule has 2 aromatic carbocycles. The van der Waals surface area contributed by atoms with E-state index < -0.39 is 0 Å². The Labute approximate surface area is 207 Å². The second kappa shape index (κ2) is 10.6. The smallest absolute Gasteiger partial charge is 0.250 e. The lowest BCUT2D eigenvalue weighted by molar-refractivity contribution is -0.120. The number of amides is 2. The Kier molecular flexibility index (Phi) is 7.31. The van der Waals surface area contributed by atoms with Gasteiger partial charge in [-0.3, -0.25) is 14.9 Å². The van der Waals surface area contributed by atoms with Crippen LogP contribution in [0, 0.1) is 6.92 Å². The van der Waals surface area contributed by atoms with Crippen LogP contribution in [0.15, 0.2) is 58.5 Å². The number of fused-ring (bicyclic) bond motifs is 1. The van der Waals surface area contributed by atoms with Crippen molar-refractivity contribution < 1.29 is 18.7 Å². The summed E-state index contributed by atoms with van der Waals surface area (Å²) in [5.41, 5.74) is 6.10. The zero-order chi connectivity index (χ0) is 24.9. The summed E-state index contributed by atoms with van der Waals surface area (Å²) < 4.78 is 11.7. The maximum absolute atomic E-state index is 12.7. The normalized spacial score (nSPS) is 11.5. The number of nitrogens with one attached hydrogen (secondary N) is 2. The van der Waals surface area contributed by atoms with Gasteiger partial charge in [-0.1, -0.05) is 29.8 Å². The summed E-state index contributed by atoms with van der Waals surface area (Å²) in [7, 11) is 1.58. The van der Waals surface area contributed by atoms with Crippen LogP contribution in [0.3, 0.4) is 0 Å². The summed E-state index contributed by atoms with van der Waals surface area (Å²) in [6.45, 7) is 6.32. The fourth-order valence-electron chi connectivity index (χ4n) is 3.71. The average molecular weight is 490 g/mol. The van der Waals surface area contributed by atoms with E-state index in [4.69, 9.17) is 9.15 Å². The van der Waals surface area contributed by atoms with Crippen molar-refractivity contribution >= 4 is 44.8 Å². The van der Waals surface area contributed by atoms with Crippen molar-refractivity contribution in [2.75, 3.05) is 19.0 Å². The van der Waals surface area contributed by atoms with Gasteiger partial charge in [0.2, 0.25) is 11.8 Å². The zero-order valence-electron chi connectivity index (χ0n) is 20.1. The summed E-state index contributed by atoms with van der Waals surface area (Å²) >= 11 is 1.28. The third-order valence-corrected chi connectivity index (χ3v) is 6.32. The number of likely N-dealkylation sites (N-methyl/N-ethyl adjacent to an activating group) is 1. The number of hydrogen-bond donors (Lipinski definition) is 2. The maximum Gasteiger partial charge on any atom is 0.250 e. The van der Waals surface area contributed by atoms with Gasteiger partial charge in [0.1, 0.15) is 11.3 Å². The number of rotatable bonds is 8. The molecule has 0 radical (unpaired) electrons. The number of thiazole rings is 1. The quantitative estimate of drug-likeness (QED) is 0.315. The van der Waals surface area contributed by atoms with Gasteiger partial charge in [0.25, 0.3) is 0 Å². The van der Waals surface area contributed by atoms with Crippen LogP contribution in [-0.2, 0) is 16.0 Å². The minimum Gasteiger partial charge on any atom is -0.493 e. The molecule has 0 saturated heterocycles. The Morgan fingerprint density at radius 2 is 1.97 bits per heavy atom. The fourth-order valence-corrected chi connectivity index (χ4v) is 4.42. The highest BCUT2D eigenvalue weighted by molar-refractivity contribution is 7.14. The van der Waals surface area contributed by atoms with Gasteiger partial charge in [0.15, 0.2) is 5.13 Å². The molecule has 4 rings (SSSR count). The van der Waals surface area contributed by atoms with Crippen LogP contribution in [0.1, 0.15) is 30.7 Å². The highest BCUT2D eigenvalue weighted by Crippen LogP contribution is 2.37. The summed E-state index contributed by atoms with van der Waals surface area (Å²) in [6.07, 6.45) is 3.44. The average Bonchev–Trinajstić information content (AvgIpc) is 3.45. The van der Waals surface area contributed by atoms with E-state index in [0.717, 1.165) is 33.2 Å². The van der Waals surface area contributed by atoms with E-state index in [1.807, 2.05) is 26.0 Å². The predicted molar refractivity (Wildman–Crippen MR) is 140 cm³/mol. The van der Waals surface area contributed by atoms with E-state index in [9.17, 15) is 9.59 Å². The van der Waals surface area contributed by atoms with Crippen LogP contribution in [0.2, 0.25) is 0 Å². The lowest BCUT2D eigenvalue weighted by atomic mass is 9.99. The molecule has 0 aliphatic carbocycles. The Hall–Kier alpha value is -3.91. The lowest BCUT2D eigenvalue weighted by Crippen LogP contribution is -2.20. The number of aryl methyl sites for hydroxylation is 1. The van der Waals surface area contributed by atoms with E-state index >= 15 is 0 Å². The number of hydrogen-bond acceptors (Lipinski definition) is 6. The number of ether oxygens (including phenoxy) is 1. The fraction of sp³-hybridized carbons (Fsp3) is 0.222. The van der Waals surface area contributed by atoms with Gasteiger partial charge in [-0.2, -0.15) is 0 Å². The highest BCUT2D eigenvalue weighted by Gasteiger charge is 2.16. The van der Waals surface area contributed by atoms with E-state index in [-0.39, 0.29) is 18.2 Å². The van der Waals surface area contributed by atoms with Crippen LogP contribution in [-0.4, -0.2) is 30.5 Å². The van der Waals surface area contributed by atoms with Crippen molar-refractivity contribution in [3.63, 3.8) is 0 Å². The molecule has 4 aromatic rings. The standard InChI is InChI=1S/C27H27N3O4S/c1-5-33-23-13-24-21(22(14-34-24)18-8-6-16(2)7-9-18)12-20(23)17(3)10-26(32)30-27-29-19(15-35-27)11-25(31)28-4/h6-10,12-15H,5,11H2,1-4H3,(H,28,31)(H,29,30,32)/b17-10+. The van der Waals surface area contributed by atoms with Gasteiger partial charge >= 0.3 is 0 Å². The van der Waals surface area contributed by atoms with Crippen molar-refractivity contribution in [2.45, 2.75) is 27.2 Å². The SMILES string of the molecule is CCOc1cc2occ(-c3ccc(C)cc3)c2cc1/C(C)=C/C(=O)Nc1nc(CC(=O)NC)cs1. The summed E-state index contributed by atoms with van der Waals surface area (Å²) in [5, 5.41) is 8.48. The zero-order valence-corrected chi connectivity index (χ0v) is 20.9.